The Balaban J connectivity index is 1.93. The second kappa shape index (κ2) is 5.00. The highest BCUT2D eigenvalue weighted by Crippen LogP contribution is 2.35. The van der Waals surface area contributed by atoms with E-state index in [4.69, 9.17) is 0 Å². The molecule has 0 fully saturated rings. The second-order valence-electron chi connectivity index (χ2n) is 4.94. The number of aryl methyl sites for hydroxylation is 1. The zero-order valence-electron chi connectivity index (χ0n) is 11.6. The van der Waals surface area contributed by atoms with E-state index in [-0.39, 0.29) is 0 Å². The summed E-state index contributed by atoms with van der Waals surface area (Å²) in [4.78, 5) is 29.4. The van der Waals surface area contributed by atoms with E-state index in [1.54, 1.807) is 18.3 Å². The van der Waals surface area contributed by atoms with Crippen LogP contribution in [0.25, 0.3) is 0 Å². The number of halogens is 1. The number of fused-ring (bicyclic) bond motifs is 1. The first-order valence-corrected chi connectivity index (χ1v) is 7.13. The van der Waals surface area contributed by atoms with Gasteiger partial charge in [0.15, 0.2) is 0 Å². The number of benzene rings is 1. The van der Waals surface area contributed by atoms with Gasteiger partial charge in [-0.15, -0.1) is 0 Å². The SMILES string of the molecule is CN(Cc1nccn1C)c1cc2c(cc1Br)C(=O)C(=O)N2. The van der Waals surface area contributed by atoms with Crippen LogP contribution >= 0.6 is 15.9 Å². The maximum atomic E-state index is 11.7. The highest BCUT2D eigenvalue weighted by molar-refractivity contribution is 9.10. The number of Topliss-reactive ketones (excluding diaryl/α,β-unsaturated/α-hetero) is 1. The minimum atomic E-state index is -0.583. The van der Waals surface area contributed by atoms with Crippen molar-refractivity contribution in [2.45, 2.75) is 6.54 Å². The number of aromatic nitrogens is 2. The van der Waals surface area contributed by atoms with Crippen molar-refractivity contribution in [3.63, 3.8) is 0 Å². The van der Waals surface area contributed by atoms with Crippen LogP contribution in [-0.4, -0.2) is 28.3 Å². The van der Waals surface area contributed by atoms with Crippen LogP contribution in [0, 0.1) is 0 Å². The number of nitrogens with zero attached hydrogens (tertiary/aromatic N) is 3. The fraction of sp³-hybridized carbons (Fsp3) is 0.214. The van der Waals surface area contributed by atoms with Crippen LogP contribution in [0.1, 0.15) is 16.2 Å². The summed E-state index contributed by atoms with van der Waals surface area (Å²) in [5.41, 5.74) is 1.84. The quantitative estimate of drug-likeness (QED) is 0.861. The molecule has 1 aromatic heterocycles. The van der Waals surface area contributed by atoms with Gasteiger partial charge < -0.3 is 14.8 Å². The minimum Gasteiger partial charge on any atom is -0.366 e. The molecule has 0 atom stereocenters. The Morgan fingerprint density at radius 2 is 2.14 bits per heavy atom. The number of carbonyl (C=O) groups is 2. The normalized spacial score (nSPS) is 13.3. The lowest BCUT2D eigenvalue weighted by Crippen LogP contribution is -2.19. The lowest BCUT2D eigenvalue weighted by Gasteiger charge is -2.21. The van der Waals surface area contributed by atoms with E-state index in [0.29, 0.717) is 17.8 Å². The maximum absolute atomic E-state index is 11.7. The van der Waals surface area contributed by atoms with Crippen LogP contribution < -0.4 is 10.2 Å². The van der Waals surface area contributed by atoms with E-state index in [1.807, 2.05) is 29.8 Å². The van der Waals surface area contributed by atoms with Crippen LogP contribution in [0.15, 0.2) is 29.0 Å². The zero-order chi connectivity index (χ0) is 15.1. The van der Waals surface area contributed by atoms with Crippen molar-refractivity contribution in [3.05, 3.63) is 40.4 Å². The van der Waals surface area contributed by atoms with Crippen LogP contribution in [0.4, 0.5) is 11.4 Å². The predicted molar refractivity (Wildman–Crippen MR) is 82.4 cm³/mol. The number of rotatable bonds is 3. The monoisotopic (exact) mass is 348 g/mol. The number of amides is 1. The molecule has 3 rings (SSSR count). The number of hydrogen-bond donors (Lipinski definition) is 1. The summed E-state index contributed by atoms with van der Waals surface area (Å²) in [5.74, 6) is -0.158. The van der Waals surface area contributed by atoms with Crippen LogP contribution in [-0.2, 0) is 18.4 Å². The van der Waals surface area contributed by atoms with E-state index in [1.165, 1.54) is 0 Å². The summed E-state index contributed by atoms with van der Waals surface area (Å²) >= 11 is 3.46. The Labute approximate surface area is 129 Å². The molecule has 7 heteroatoms. The number of nitrogens with one attached hydrogen (secondary N) is 1. The van der Waals surface area contributed by atoms with Gasteiger partial charge in [-0.25, -0.2) is 4.98 Å². The molecule has 2 heterocycles. The van der Waals surface area contributed by atoms with Crippen molar-refractivity contribution < 1.29 is 9.59 Å². The lowest BCUT2D eigenvalue weighted by molar-refractivity contribution is -0.112. The van der Waals surface area contributed by atoms with E-state index in [9.17, 15) is 9.59 Å². The Hall–Kier alpha value is -2.15. The minimum absolute atomic E-state index is 0.404. The molecule has 0 saturated heterocycles. The largest absolute Gasteiger partial charge is 0.366 e. The van der Waals surface area contributed by atoms with Gasteiger partial charge in [0, 0.05) is 31.0 Å². The highest BCUT2D eigenvalue weighted by atomic mass is 79.9. The summed E-state index contributed by atoms with van der Waals surface area (Å²) in [6.07, 6.45) is 3.64. The average molecular weight is 349 g/mol. The van der Waals surface area contributed by atoms with Gasteiger partial charge in [-0.1, -0.05) is 0 Å². The lowest BCUT2D eigenvalue weighted by atomic mass is 10.1. The van der Waals surface area contributed by atoms with Crippen LogP contribution in [0.3, 0.4) is 0 Å². The van der Waals surface area contributed by atoms with Crippen molar-refractivity contribution in [2.75, 3.05) is 17.3 Å². The van der Waals surface area contributed by atoms with E-state index < -0.39 is 11.7 Å². The van der Waals surface area contributed by atoms with E-state index >= 15 is 0 Å². The molecule has 2 aromatic rings. The van der Waals surface area contributed by atoms with Gasteiger partial charge in [0.05, 0.1) is 23.5 Å². The van der Waals surface area contributed by atoms with Crippen molar-refractivity contribution in [2.24, 2.45) is 7.05 Å². The van der Waals surface area contributed by atoms with Gasteiger partial charge >= 0.3 is 0 Å². The summed E-state index contributed by atoms with van der Waals surface area (Å²) in [6.45, 7) is 0.614. The van der Waals surface area contributed by atoms with Crippen molar-refractivity contribution >= 4 is 39.0 Å². The second-order valence-corrected chi connectivity index (χ2v) is 5.80. The fourth-order valence-corrected chi connectivity index (χ4v) is 2.94. The summed E-state index contributed by atoms with van der Waals surface area (Å²) in [6, 6.07) is 3.48. The first-order valence-electron chi connectivity index (χ1n) is 6.34. The third kappa shape index (κ3) is 2.33. The fourth-order valence-electron chi connectivity index (χ4n) is 2.29. The van der Waals surface area contributed by atoms with Gasteiger partial charge in [0.2, 0.25) is 0 Å². The maximum Gasteiger partial charge on any atom is 0.296 e. The number of carbonyl (C=O) groups excluding carboxylic acids is 2. The highest BCUT2D eigenvalue weighted by Gasteiger charge is 2.29. The van der Waals surface area contributed by atoms with Crippen molar-refractivity contribution in [1.29, 1.82) is 0 Å². The Morgan fingerprint density at radius 1 is 1.38 bits per heavy atom. The van der Waals surface area contributed by atoms with Gasteiger partial charge in [-0.3, -0.25) is 9.59 Å². The zero-order valence-corrected chi connectivity index (χ0v) is 13.1. The number of ketones is 1. The molecule has 0 unspecified atom stereocenters. The van der Waals surface area contributed by atoms with Gasteiger partial charge in [0.25, 0.3) is 11.7 Å². The summed E-state index contributed by atoms with van der Waals surface area (Å²) in [7, 11) is 3.87. The van der Waals surface area contributed by atoms with Crippen LogP contribution in [0.2, 0.25) is 0 Å². The topological polar surface area (TPSA) is 67.2 Å². The Kier molecular flexibility index (Phi) is 3.29. The number of anilines is 2. The molecule has 0 saturated carbocycles. The molecule has 0 spiro atoms. The molecule has 1 aromatic carbocycles. The molecule has 1 aliphatic heterocycles. The van der Waals surface area contributed by atoms with Crippen molar-refractivity contribution in [3.8, 4) is 0 Å². The molecule has 108 valence electrons. The molecular weight excluding hydrogens is 336 g/mol. The Morgan fingerprint density at radius 3 is 2.81 bits per heavy atom. The Bertz CT molecular complexity index is 753. The molecule has 1 N–H and O–H groups in total. The van der Waals surface area contributed by atoms with Gasteiger partial charge in [0.1, 0.15) is 5.82 Å². The molecule has 1 amide bonds. The van der Waals surface area contributed by atoms with E-state index in [2.05, 4.69) is 26.2 Å². The molecule has 0 radical (unpaired) electrons. The number of hydrogen-bond acceptors (Lipinski definition) is 4. The molecular formula is C14H13BrN4O2. The molecule has 6 nitrogen and oxygen atoms in total. The molecule has 1 aliphatic rings. The molecule has 0 bridgehead atoms. The summed E-state index contributed by atoms with van der Waals surface area (Å²) < 4.78 is 2.71. The average Bonchev–Trinajstić information content (AvgIpc) is 2.95. The number of imidazole rings is 1. The third-order valence-electron chi connectivity index (χ3n) is 3.50. The predicted octanol–water partition coefficient (Wildman–Crippen LogP) is 1.95. The smallest absolute Gasteiger partial charge is 0.296 e. The van der Waals surface area contributed by atoms with Crippen LogP contribution in [0.5, 0.6) is 0 Å². The standard InChI is InChI=1S/C14H13BrN4O2/c1-18-4-3-16-12(18)7-19(2)11-6-10-8(5-9(11)15)13(20)14(21)17-10/h3-6H,7H2,1-2H3,(H,17,20,21). The first-order chi connectivity index (χ1) is 9.97. The summed E-state index contributed by atoms with van der Waals surface area (Å²) in [5, 5.41) is 2.58. The first kappa shape index (κ1) is 13.8. The van der Waals surface area contributed by atoms with E-state index in [0.717, 1.165) is 16.0 Å². The van der Waals surface area contributed by atoms with Crippen molar-refractivity contribution in [1.82, 2.24) is 9.55 Å². The van der Waals surface area contributed by atoms with Gasteiger partial charge in [-0.05, 0) is 28.1 Å². The van der Waals surface area contributed by atoms with Gasteiger partial charge in [-0.2, -0.15) is 0 Å². The molecule has 0 aliphatic carbocycles. The molecule has 21 heavy (non-hydrogen) atoms. The third-order valence-corrected chi connectivity index (χ3v) is 4.13.